The van der Waals surface area contributed by atoms with Gasteiger partial charge in [-0.25, -0.2) is 5.43 Å². The lowest BCUT2D eigenvalue weighted by atomic mass is 9.82. The Hall–Kier alpha value is -1.35. The molecular weight excluding hydrogens is 212 g/mol. The Morgan fingerprint density at radius 2 is 1.94 bits per heavy atom. The highest BCUT2D eigenvalue weighted by molar-refractivity contribution is 5.87. The highest BCUT2D eigenvalue weighted by atomic mass is 16.2. The van der Waals surface area contributed by atoms with Gasteiger partial charge in [-0.15, -0.1) is 0 Å². The Balaban J connectivity index is 2.30. The first-order valence-corrected chi connectivity index (χ1v) is 6.15. The highest BCUT2D eigenvalue weighted by Crippen LogP contribution is 2.29. The van der Waals surface area contributed by atoms with Gasteiger partial charge in [0.2, 0.25) is 5.91 Å². The third kappa shape index (κ3) is 2.20. The van der Waals surface area contributed by atoms with Crippen molar-refractivity contribution in [3.63, 3.8) is 0 Å². The number of hydrazine groups is 1. The van der Waals surface area contributed by atoms with Crippen molar-refractivity contribution in [2.45, 2.75) is 38.5 Å². The van der Waals surface area contributed by atoms with Crippen molar-refractivity contribution in [3.05, 3.63) is 34.9 Å². The second-order valence-corrected chi connectivity index (χ2v) is 5.17. The van der Waals surface area contributed by atoms with Crippen LogP contribution in [0.5, 0.6) is 0 Å². The van der Waals surface area contributed by atoms with Gasteiger partial charge in [0.05, 0.1) is 5.41 Å². The van der Waals surface area contributed by atoms with Crippen LogP contribution in [-0.4, -0.2) is 13.0 Å². The standard InChI is InChI=1S/C14H20N2O/c1-14(2,13(17)16-15-3)12-8-7-10-5-4-6-11(10)9-12/h7-9,15H,4-6H2,1-3H3,(H,16,17). The Bertz CT molecular complexity index is 438. The van der Waals surface area contributed by atoms with E-state index in [2.05, 4.69) is 29.1 Å². The Morgan fingerprint density at radius 3 is 2.65 bits per heavy atom. The molecule has 0 unspecified atom stereocenters. The summed E-state index contributed by atoms with van der Waals surface area (Å²) in [4.78, 5) is 12.0. The van der Waals surface area contributed by atoms with E-state index in [1.807, 2.05) is 13.8 Å². The normalized spacial score (nSPS) is 14.5. The van der Waals surface area contributed by atoms with Crippen LogP contribution in [0.2, 0.25) is 0 Å². The van der Waals surface area contributed by atoms with Crippen molar-refractivity contribution >= 4 is 5.91 Å². The largest absolute Gasteiger partial charge is 0.291 e. The summed E-state index contributed by atoms with van der Waals surface area (Å²) in [7, 11) is 1.71. The van der Waals surface area contributed by atoms with Crippen LogP contribution in [0.15, 0.2) is 18.2 Å². The number of nitrogens with one attached hydrogen (secondary N) is 2. The van der Waals surface area contributed by atoms with Gasteiger partial charge in [-0.05, 0) is 49.8 Å². The molecule has 0 heterocycles. The molecule has 3 nitrogen and oxygen atoms in total. The zero-order valence-corrected chi connectivity index (χ0v) is 10.8. The third-order valence-corrected chi connectivity index (χ3v) is 3.63. The number of benzene rings is 1. The van der Waals surface area contributed by atoms with E-state index in [9.17, 15) is 4.79 Å². The maximum absolute atomic E-state index is 12.0. The Kier molecular flexibility index (Phi) is 3.20. The number of aryl methyl sites for hydroxylation is 2. The van der Waals surface area contributed by atoms with Gasteiger partial charge in [0.15, 0.2) is 0 Å². The summed E-state index contributed by atoms with van der Waals surface area (Å²) in [6.07, 6.45) is 3.56. The summed E-state index contributed by atoms with van der Waals surface area (Å²) < 4.78 is 0. The van der Waals surface area contributed by atoms with Crippen LogP contribution in [0.4, 0.5) is 0 Å². The van der Waals surface area contributed by atoms with E-state index in [-0.39, 0.29) is 5.91 Å². The van der Waals surface area contributed by atoms with Gasteiger partial charge >= 0.3 is 0 Å². The molecule has 17 heavy (non-hydrogen) atoms. The number of hydrogen-bond acceptors (Lipinski definition) is 2. The van der Waals surface area contributed by atoms with Crippen molar-refractivity contribution in [1.82, 2.24) is 10.9 Å². The monoisotopic (exact) mass is 232 g/mol. The zero-order chi connectivity index (χ0) is 12.5. The third-order valence-electron chi connectivity index (χ3n) is 3.63. The maximum atomic E-state index is 12.0. The quantitative estimate of drug-likeness (QED) is 0.779. The lowest BCUT2D eigenvalue weighted by Gasteiger charge is -2.24. The molecule has 1 aliphatic rings. The molecule has 1 amide bonds. The maximum Gasteiger partial charge on any atom is 0.244 e. The summed E-state index contributed by atoms with van der Waals surface area (Å²) >= 11 is 0. The fourth-order valence-corrected chi connectivity index (χ4v) is 2.36. The van der Waals surface area contributed by atoms with Crippen LogP contribution in [0.25, 0.3) is 0 Å². The molecule has 1 aliphatic carbocycles. The number of fused-ring (bicyclic) bond motifs is 1. The van der Waals surface area contributed by atoms with Crippen molar-refractivity contribution in [1.29, 1.82) is 0 Å². The van der Waals surface area contributed by atoms with Gasteiger partial charge in [-0.3, -0.25) is 10.2 Å². The summed E-state index contributed by atoms with van der Waals surface area (Å²) in [6, 6.07) is 6.45. The average molecular weight is 232 g/mol. The number of carbonyl (C=O) groups excluding carboxylic acids is 1. The van der Waals surface area contributed by atoms with E-state index in [1.54, 1.807) is 7.05 Å². The highest BCUT2D eigenvalue weighted by Gasteiger charge is 2.30. The van der Waals surface area contributed by atoms with E-state index in [0.29, 0.717) is 0 Å². The number of hydrogen-bond donors (Lipinski definition) is 2. The van der Waals surface area contributed by atoms with Crippen LogP contribution in [0, 0.1) is 0 Å². The molecule has 2 N–H and O–H groups in total. The van der Waals surface area contributed by atoms with Crippen molar-refractivity contribution in [3.8, 4) is 0 Å². The second-order valence-electron chi connectivity index (χ2n) is 5.17. The van der Waals surface area contributed by atoms with Gasteiger partial charge in [0.25, 0.3) is 0 Å². The average Bonchev–Trinajstić information content (AvgIpc) is 2.76. The molecule has 0 atom stereocenters. The molecule has 0 aromatic heterocycles. The zero-order valence-electron chi connectivity index (χ0n) is 10.8. The van der Waals surface area contributed by atoms with E-state index in [4.69, 9.17) is 0 Å². The molecule has 0 spiro atoms. The van der Waals surface area contributed by atoms with Crippen LogP contribution < -0.4 is 10.9 Å². The summed E-state index contributed by atoms with van der Waals surface area (Å²) in [5, 5.41) is 0. The second kappa shape index (κ2) is 4.49. The predicted octanol–water partition coefficient (Wildman–Crippen LogP) is 1.70. The van der Waals surface area contributed by atoms with E-state index >= 15 is 0 Å². The molecule has 1 aromatic carbocycles. The fraction of sp³-hybridized carbons (Fsp3) is 0.500. The molecule has 3 heteroatoms. The number of carbonyl (C=O) groups is 1. The summed E-state index contributed by atoms with van der Waals surface area (Å²) in [6.45, 7) is 3.91. The molecule has 0 saturated heterocycles. The smallest absolute Gasteiger partial charge is 0.244 e. The lowest BCUT2D eigenvalue weighted by molar-refractivity contribution is -0.126. The van der Waals surface area contributed by atoms with Crippen molar-refractivity contribution in [2.75, 3.05) is 7.05 Å². The summed E-state index contributed by atoms with van der Waals surface area (Å²) in [5.41, 5.74) is 8.80. The molecule has 2 rings (SSSR count). The van der Waals surface area contributed by atoms with Gasteiger partial charge in [0.1, 0.15) is 0 Å². The minimum atomic E-state index is -0.499. The van der Waals surface area contributed by atoms with Gasteiger partial charge in [0, 0.05) is 7.05 Å². The molecule has 0 saturated carbocycles. The molecule has 0 radical (unpaired) electrons. The van der Waals surface area contributed by atoms with Crippen LogP contribution in [-0.2, 0) is 23.1 Å². The van der Waals surface area contributed by atoms with Crippen LogP contribution >= 0.6 is 0 Å². The predicted molar refractivity (Wildman–Crippen MR) is 68.7 cm³/mol. The van der Waals surface area contributed by atoms with Crippen molar-refractivity contribution in [2.24, 2.45) is 0 Å². The number of amides is 1. The van der Waals surface area contributed by atoms with Gasteiger partial charge in [-0.2, -0.15) is 0 Å². The van der Waals surface area contributed by atoms with Gasteiger partial charge < -0.3 is 0 Å². The SMILES string of the molecule is CNNC(=O)C(C)(C)c1ccc2c(c1)CCC2. The molecule has 0 aliphatic heterocycles. The van der Waals surface area contributed by atoms with Crippen LogP contribution in [0.1, 0.15) is 37.0 Å². The molecule has 0 bridgehead atoms. The minimum Gasteiger partial charge on any atom is -0.291 e. The molecule has 0 fully saturated rings. The first-order chi connectivity index (χ1) is 8.05. The first-order valence-electron chi connectivity index (χ1n) is 6.15. The van der Waals surface area contributed by atoms with E-state index in [1.165, 1.54) is 24.0 Å². The topological polar surface area (TPSA) is 41.1 Å². The Labute approximate surface area is 103 Å². The molecule has 92 valence electrons. The molecule has 1 aromatic rings. The fourth-order valence-electron chi connectivity index (χ4n) is 2.36. The molecular formula is C14H20N2O. The Morgan fingerprint density at radius 1 is 1.24 bits per heavy atom. The lowest BCUT2D eigenvalue weighted by Crippen LogP contribution is -2.45. The van der Waals surface area contributed by atoms with Crippen molar-refractivity contribution < 1.29 is 4.79 Å². The van der Waals surface area contributed by atoms with E-state index in [0.717, 1.165) is 12.0 Å². The summed E-state index contributed by atoms with van der Waals surface area (Å²) in [5.74, 6) is -0.00190. The minimum absolute atomic E-state index is 0.00190. The van der Waals surface area contributed by atoms with Gasteiger partial charge in [-0.1, -0.05) is 18.2 Å². The van der Waals surface area contributed by atoms with E-state index < -0.39 is 5.41 Å². The van der Waals surface area contributed by atoms with Crippen LogP contribution in [0.3, 0.4) is 0 Å². The first kappa shape index (κ1) is 12.1. The number of rotatable bonds is 3.